The first-order chi connectivity index (χ1) is 12.5. The second-order valence-corrected chi connectivity index (χ2v) is 7.06. The fraction of sp³-hybridized carbons (Fsp3) is 0.316. The van der Waals surface area contributed by atoms with E-state index in [1.54, 1.807) is 23.4 Å². The van der Waals surface area contributed by atoms with E-state index in [0.29, 0.717) is 5.69 Å². The maximum Gasteiger partial charge on any atom is 0.270 e. The summed E-state index contributed by atoms with van der Waals surface area (Å²) in [6.45, 7) is 2.01. The van der Waals surface area contributed by atoms with Crippen LogP contribution in [0.4, 0.5) is 0 Å². The zero-order chi connectivity index (χ0) is 18.5. The Morgan fingerprint density at radius 1 is 1.35 bits per heavy atom. The summed E-state index contributed by atoms with van der Waals surface area (Å²) in [5, 5.41) is 9.74. The molecule has 0 spiro atoms. The summed E-state index contributed by atoms with van der Waals surface area (Å²) in [5.41, 5.74) is 2.59. The molecule has 3 rings (SSSR count). The maximum atomic E-state index is 12.4. The largest absolute Gasteiger partial charge is 0.497 e. The zero-order valence-electron chi connectivity index (χ0n) is 15.1. The van der Waals surface area contributed by atoms with E-state index in [1.165, 1.54) is 16.9 Å². The monoisotopic (exact) mass is 370 g/mol. The first kappa shape index (κ1) is 18.1. The van der Waals surface area contributed by atoms with Gasteiger partial charge in [-0.1, -0.05) is 12.1 Å². The fourth-order valence-corrected chi connectivity index (χ4v) is 3.36. The maximum absolute atomic E-state index is 12.4. The topological polar surface area (TPSA) is 69.0 Å². The summed E-state index contributed by atoms with van der Waals surface area (Å²) < 4.78 is 6.88. The van der Waals surface area contributed by atoms with Gasteiger partial charge in [-0.3, -0.25) is 9.48 Å². The number of amides is 1. The van der Waals surface area contributed by atoms with E-state index in [2.05, 4.69) is 15.4 Å². The quantitative estimate of drug-likeness (QED) is 0.693. The molecule has 26 heavy (non-hydrogen) atoms. The molecule has 1 unspecified atom stereocenters. The lowest BCUT2D eigenvalue weighted by atomic mass is 10.1. The van der Waals surface area contributed by atoms with Crippen molar-refractivity contribution in [3.8, 4) is 16.3 Å². The average molecular weight is 370 g/mol. The molecule has 1 amide bonds. The van der Waals surface area contributed by atoms with Gasteiger partial charge >= 0.3 is 0 Å². The highest BCUT2D eigenvalue weighted by molar-refractivity contribution is 7.13. The lowest BCUT2D eigenvalue weighted by molar-refractivity contribution is 0.0934. The molecule has 0 aliphatic heterocycles. The Morgan fingerprint density at radius 2 is 2.12 bits per heavy atom. The first-order valence-corrected chi connectivity index (χ1v) is 9.31. The fourth-order valence-electron chi connectivity index (χ4n) is 2.59. The number of benzene rings is 1. The molecule has 0 aliphatic carbocycles. The number of thiazole rings is 1. The van der Waals surface area contributed by atoms with Gasteiger partial charge in [0.25, 0.3) is 5.91 Å². The highest BCUT2D eigenvalue weighted by atomic mass is 32.1. The number of aryl methyl sites for hydroxylation is 2. The van der Waals surface area contributed by atoms with Crippen molar-refractivity contribution in [2.75, 3.05) is 7.11 Å². The van der Waals surface area contributed by atoms with Crippen LogP contribution >= 0.6 is 11.3 Å². The van der Waals surface area contributed by atoms with E-state index in [1.807, 2.05) is 44.4 Å². The molecule has 0 radical (unpaired) electrons. The van der Waals surface area contributed by atoms with Crippen LogP contribution in [0.15, 0.2) is 42.0 Å². The van der Waals surface area contributed by atoms with Crippen LogP contribution in [-0.2, 0) is 13.5 Å². The summed E-state index contributed by atoms with van der Waals surface area (Å²) >= 11 is 1.45. The van der Waals surface area contributed by atoms with Crippen molar-refractivity contribution in [3.05, 3.63) is 53.3 Å². The van der Waals surface area contributed by atoms with Crippen molar-refractivity contribution in [3.63, 3.8) is 0 Å². The smallest absolute Gasteiger partial charge is 0.270 e. The van der Waals surface area contributed by atoms with Crippen molar-refractivity contribution in [1.29, 1.82) is 0 Å². The molecule has 0 aliphatic rings. The first-order valence-electron chi connectivity index (χ1n) is 8.43. The van der Waals surface area contributed by atoms with Gasteiger partial charge in [0.2, 0.25) is 0 Å². The Hall–Kier alpha value is -2.67. The Labute approximate surface area is 156 Å². The van der Waals surface area contributed by atoms with Gasteiger partial charge in [-0.15, -0.1) is 11.3 Å². The summed E-state index contributed by atoms with van der Waals surface area (Å²) in [7, 11) is 3.51. The number of carbonyl (C=O) groups excluding carboxylic acids is 1. The van der Waals surface area contributed by atoms with Gasteiger partial charge in [0.05, 0.1) is 13.3 Å². The second-order valence-electron chi connectivity index (χ2n) is 6.20. The Balaban J connectivity index is 1.53. The normalized spacial score (nSPS) is 12.0. The van der Waals surface area contributed by atoms with E-state index in [0.717, 1.165) is 29.2 Å². The van der Waals surface area contributed by atoms with E-state index in [-0.39, 0.29) is 11.9 Å². The van der Waals surface area contributed by atoms with Crippen molar-refractivity contribution in [2.24, 2.45) is 7.05 Å². The lowest BCUT2D eigenvalue weighted by Crippen LogP contribution is -2.33. The molecule has 1 aromatic carbocycles. The minimum absolute atomic E-state index is 0.0631. The van der Waals surface area contributed by atoms with Crippen LogP contribution < -0.4 is 10.1 Å². The third kappa shape index (κ3) is 4.49. The van der Waals surface area contributed by atoms with Crippen LogP contribution in [0.5, 0.6) is 5.75 Å². The third-order valence-corrected chi connectivity index (χ3v) is 4.98. The SMILES string of the molecule is COc1ccc(CCC(C)NC(=O)c2csc(-c3cnn(C)c3)n2)cc1. The van der Waals surface area contributed by atoms with Crippen molar-refractivity contribution < 1.29 is 9.53 Å². The average Bonchev–Trinajstić information content (AvgIpc) is 3.29. The number of aromatic nitrogens is 3. The second kappa shape index (κ2) is 8.14. The Morgan fingerprint density at radius 3 is 2.77 bits per heavy atom. The molecule has 0 fully saturated rings. The molecule has 1 N–H and O–H groups in total. The molecule has 2 aromatic heterocycles. The summed E-state index contributed by atoms with van der Waals surface area (Å²) in [5.74, 6) is 0.710. The van der Waals surface area contributed by atoms with Crippen LogP contribution in [-0.4, -0.2) is 33.8 Å². The van der Waals surface area contributed by atoms with E-state index < -0.39 is 0 Å². The molecule has 0 saturated heterocycles. The number of nitrogens with zero attached hydrogens (tertiary/aromatic N) is 3. The standard InChI is InChI=1S/C19H22N4O2S/c1-13(4-5-14-6-8-16(25-3)9-7-14)21-18(24)17-12-26-19(22-17)15-10-20-23(2)11-15/h6-13H,4-5H2,1-3H3,(H,21,24). The molecular formula is C19H22N4O2S. The van der Waals surface area contributed by atoms with Crippen LogP contribution in [0.1, 0.15) is 29.4 Å². The van der Waals surface area contributed by atoms with Crippen molar-refractivity contribution in [1.82, 2.24) is 20.1 Å². The number of methoxy groups -OCH3 is 1. The lowest BCUT2D eigenvalue weighted by Gasteiger charge is -2.13. The molecule has 2 heterocycles. The highest BCUT2D eigenvalue weighted by Crippen LogP contribution is 2.23. The predicted octanol–water partition coefficient (Wildman–Crippen LogP) is 3.30. The van der Waals surface area contributed by atoms with Crippen LogP contribution in [0.3, 0.4) is 0 Å². The molecule has 136 valence electrons. The molecule has 6 nitrogen and oxygen atoms in total. The van der Waals surface area contributed by atoms with E-state index in [4.69, 9.17) is 4.74 Å². The number of carbonyl (C=O) groups is 1. The molecule has 1 atom stereocenters. The number of nitrogens with one attached hydrogen (secondary N) is 1. The summed E-state index contributed by atoms with van der Waals surface area (Å²) in [6, 6.07) is 8.07. The predicted molar refractivity (Wildman–Crippen MR) is 103 cm³/mol. The third-order valence-electron chi connectivity index (χ3n) is 4.09. The van der Waals surface area contributed by atoms with Crippen LogP contribution in [0.25, 0.3) is 10.6 Å². The molecule has 3 aromatic rings. The van der Waals surface area contributed by atoms with Gasteiger partial charge in [-0.25, -0.2) is 4.98 Å². The molecule has 0 bridgehead atoms. The van der Waals surface area contributed by atoms with Crippen molar-refractivity contribution in [2.45, 2.75) is 25.8 Å². The number of ether oxygens (including phenoxy) is 1. The van der Waals surface area contributed by atoms with E-state index >= 15 is 0 Å². The molecule has 0 saturated carbocycles. The highest BCUT2D eigenvalue weighted by Gasteiger charge is 2.15. The van der Waals surface area contributed by atoms with Crippen LogP contribution in [0, 0.1) is 0 Å². The van der Waals surface area contributed by atoms with E-state index in [9.17, 15) is 4.79 Å². The minimum atomic E-state index is -0.140. The van der Waals surface area contributed by atoms with Gasteiger partial charge < -0.3 is 10.1 Å². The number of rotatable bonds is 7. The zero-order valence-corrected chi connectivity index (χ0v) is 15.9. The van der Waals surface area contributed by atoms with Gasteiger partial charge in [-0.2, -0.15) is 5.10 Å². The van der Waals surface area contributed by atoms with Gasteiger partial charge in [0.15, 0.2) is 0 Å². The summed E-state index contributed by atoms with van der Waals surface area (Å²) in [6.07, 6.45) is 5.39. The summed E-state index contributed by atoms with van der Waals surface area (Å²) in [4.78, 5) is 16.8. The Bertz CT molecular complexity index is 870. The van der Waals surface area contributed by atoms with Crippen LogP contribution in [0.2, 0.25) is 0 Å². The van der Waals surface area contributed by atoms with Gasteiger partial charge in [0, 0.05) is 30.2 Å². The minimum Gasteiger partial charge on any atom is -0.497 e. The van der Waals surface area contributed by atoms with Gasteiger partial charge in [-0.05, 0) is 37.5 Å². The molecule has 7 heteroatoms. The van der Waals surface area contributed by atoms with Crippen molar-refractivity contribution >= 4 is 17.2 Å². The number of hydrogen-bond acceptors (Lipinski definition) is 5. The number of hydrogen-bond donors (Lipinski definition) is 1. The Kier molecular flexibility index (Phi) is 5.68. The van der Waals surface area contributed by atoms with Gasteiger partial charge in [0.1, 0.15) is 16.5 Å². The molecular weight excluding hydrogens is 348 g/mol.